The zero-order chi connectivity index (χ0) is 12.8. The lowest BCUT2D eigenvalue weighted by Crippen LogP contribution is -2.01. The lowest BCUT2D eigenvalue weighted by molar-refractivity contribution is 0.547. The van der Waals surface area contributed by atoms with Gasteiger partial charge >= 0.3 is 0 Å². The molecule has 2 aromatic heterocycles. The van der Waals surface area contributed by atoms with E-state index in [2.05, 4.69) is 42.6 Å². The van der Waals surface area contributed by atoms with Gasteiger partial charge in [-0.1, -0.05) is 27.7 Å². The molecule has 0 aliphatic heterocycles. The maximum absolute atomic E-state index is 4.21. The van der Waals surface area contributed by atoms with Gasteiger partial charge in [0.25, 0.3) is 0 Å². The minimum atomic E-state index is 0.565. The van der Waals surface area contributed by atoms with Crippen LogP contribution in [0.1, 0.15) is 52.6 Å². The van der Waals surface area contributed by atoms with E-state index in [4.69, 9.17) is 0 Å². The maximum atomic E-state index is 4.21. The third-order valence-corrected chi connectivity index (χ3v) is 3.16. The molecule has 0 radical (unpaired) electrons. The van der Waals surface area contributed by atoms with Crippen LogP contribution in [0.15, 0.2) is 24.7 Å². The van der Waals surface area contributed by atoms with Gasteiger partial charge in [0.2, 0.25) is 0 Å². The lowest BCUT2D eigenvalue weighted by atomic mass is 10.2. The molecule has 0 aliphatic rings. The van der Waals surface area contributed by atoms with Crippen LogP contribution < -0.4 is 0 Å². The molecule has 0 aromatic carbocycles. The number of aromatic nitrogens is 2. The normalized spacial score (nSPS) is 12.1. The monoisotopic (exact) mass is 232 g/mol. The summed E-state index contributed by atoms with van der Waals surface area (Å²) in [6, 6.07) is 2.68. The first kappa shape index (κ1) is 13.8. The molecule has 1 atom stereocenters. The Balaban J connectivity index is 0.000000686. The van der Waals surface area contributed by atoms with Gasteiger partial charge in [0.1, 0.15) is 0 Å². The number of fused-ring (bicyclic) bond motifs is 1. The van der Waals surface area contributed by atoms with Crippen molar-refractivity contribution in [2.45, 2.75) is 53.5 Å². The molecule has 0 saturated heterocycles. The quantitative estimate of drug-likeness (QED) is 0.756. The first-order valence-electron chi connectivity index (χ1n) is 6.71. The van der Waals surface area contributed by atoms with Crippen LogP contribution in [-0.4, -0.2) is 9.55 Å². The second-order valence-corrected chi connectivity index (χ2v) is 4.07. The summed E-state index contributed by atoms with van der Waals surface area (Å²) in [6.07, 6.45) is 8.37. The van der Waals surface area contributed by atoms with E-state index in [9.17, 15) is 0 Å². The summed E-state index contributed by atoms with van der Waals surface area (Å²) in [5.41, 5.74) is 2.72. The van der Waals surface area contributed by atoms with Gasteiger partial charge in [-0.05, 0) is 31.4 Å². The zero-order valence-electron chi connectivity index (χ0n) is 11.7. The summed E-state index contributed by atoms with van der Waals surface area (Å²) in [5.74, 6) is 0. The smallest absolute Gasteiger partial charge is 0.0516 e. The third-order valence-electron chi connectivity index (χ3n) is 3.16. The van der Waals surface area contributed by atoms with E-state index in [0.29, 0.717) is 6.04 Å². The Kier molecular flexibility index (Phi) is 5.20. The highest BCUT2D eigenvalue weighted by molar-refractivity contribution is 5.83. The first-order chi connectivity index (χ1) is 8.27. The number of pyridine rings is 1. The van der Waals surface area contributed by atoms with Crippen LogP contribution in [-0.2, 0) is 6.42 Å². The molecule has 0 aliphatic carbocycles. The minimum absolute atomic E-state index is 0.565. The lowest BCUT2D eigenvalue weighted by Gasteiger charge is -2.12. The van der Waals surface area contributed by atoms with E-state index in [1.807, 2.05) is 26.2 Å². The molecule has 0 N–H and O–H groups in total. The Hall–Kier alpha value is -1.31. The van der Waals surface area contributed by atoms with Gasteiger partial charge in [-0.2, -0.15) is 0 Å². The van der Waals surface area contributed by atoms with Crippen LogP contribution in [0.2, 0.25) is 0 Å². The fourth-order valence-electron chi connectivity index (χ4n) is 2.01. The molecule has 0 unspecified atom stereocenters. The molecule has 0 saturated carbocycles. The molecule has 0 spiro atoms. The van der Waals surface area contributed by atoms with Gasteiger partial charge in [-0.3, -0.25) is 4.98 Å². The van der Waals surface area contributed by atoms with Crippen LogP contribution in [0.5, 0.6) is 0 Å². The molecule has 2 rings (SSSR count). The number of hydrogen-bond donors (Lipinski definition) is 0. The van der Waals surface area contributed by atoms with E-state index >= 15 is 0 Å². The Morgan fingerprint density at radius 3 is 2.59 bits per heavy atom. The van der Waals surface area contributed by atoms with Crippen LogP contribution in [0.3, 0.4) is 0 Å². The summed E-state index contributed by atoms with van der Waals surface area (Å²) >= 11 is 0. The van der Waals surface area contributed by atoms with Crippen molar-refractivity contribution >= 4 is 10.9 Å². The van der Waals surface area contributed by atoms with Crippen molar-refractivity contribution in [3.05, 3.63) is 30.2 Å². The summed E-state index contributed by atoms with van der Waals surface area (Å²) in [7, 11) is 0. The average Bonchev–Trinajstić information content (AvgIpc) is 2.79. The van der Waals surface area contributed by atoms with Crippen molar-refractivity contribution in [3.8, 4) is 0 Å². The van der Waals surface area contributed by atoms with Crippen molar-refractivity contribution in [2.24, 2.45) is 0 Å². The Labute approximate surface area is 105 Å². The largest absolute Gasteiger partial charge is 0.344 e. The van der Waals surface area contributed by atoms with Crippen LogP contribution in [0.4, 0.5) is 0 Å². The maximum Gasteiger partial charge on any atom is 0.0516 e. The molecular weight excluding hydrogens is 208 g/mol. The SMILES string of the molecule is CC.CCc1cn([C@H](C)CC)c2ccncc12. The number of aryl methyl sites for hydroxylation is 1. The average molecular weight is 232 g/mol. The van der Waals surface area contributed by atoms with Gasteiger partial charge in [0.15, 0.2) is 0 Å². The predicted octanol–water partition coefficient (Wildman–Crippen LogP) is 4.60. The summed E-state index contributed by atoms with van der Waals surface area (Å²) in [6.45, 7) is 10.7. The second-order valence-electron chi connectivity index (χ2n) is 4.07. The molecule has 0 fully saturated rings. The fourth-order valence-corrected chi connectivity index (χ4v) is 2.01. The standard InChI is InChI=1S/C13H18N2.C2H6/c1-4-10(3)15-9-11(5-2)12-8-14-7-6-13(12)15;1-2/h6-10H,4-5H2,1-3H3;1-2H3/t10-;/m1./s1. The van der Waals surface area contributed by atoms with E-state index in [0.717, 1.165) is 12.8 Å². The highest BCUT2D eigenvalue weighted by Crippen LogP contribution is 2.25. The van der Waals surface area contributed by atoms with Crippen LogP contribution in [0, 0.1) is 0 Å². The summed E-state index contributed by atoms with van der Waals surface area (Å²) in [4.78, 5) is 4.21. The van der Waals surface area contributed by atoms with Gasteiger partial charge in [0, 0.05) is 30.0 Å². The molecule has 2 heterocycles. The minimum Gasteiger partial charge on any atom is -0.344 e. The van der Waals surface area contributed by atoms with Gasteiger partial charge in [0.05, 0.1) is 5.52 Å². The number of hydrogen-bond acceptors (Lipinski definition) is 1. The summed E-state index contributed by atoms with van der Waals surface area (Å²) in [5, 5.41) is 1.31. The van der Waals surface area contributed by atoms with Crippen molar-refractivity contribution in [1.29, 1.82) is 0 Å². The van der Waals surface area contributed by atoms with E-state index in [1.54, 1.807) is 0 Å². The third kappa shape index (κ3) is 2.68. The first-order valence-corrected chi connectivity index (χ1v) is 6.71. The van der Waals surface area contributed by atoms with Gasteiger partial charge in [-0.15, -0.1) is 0 Å². The number of rotatable bonds is 3. The van der Waals surface area contributed by atoms with Crippen LogP contribution >= 0.6 is 0 Å². The Bertz CT molecular complexity index is 457. The number of nitrogens with zero attached hydrogens (tertiary/aromatic N) is 2. The molecule has 2 nitrogen and oxygen atoms in total. The molecule has 0 bridgehead atoms. The fraction of sp³-hybridized carbons (Fsp3) is 0.533. The zero-order valence-corrected chi connectivity index (χ0v) is 11.7. The Morgan fingerprint density at radius 1 is 1.29 bits per heavy atom. The van der Waals surface area contributed by atoms with E-state index in [-0.39, 0.29) is 0 Å². The van der Waals surface area contributed by atoms with Crippen molar-refractivity contribution < 1.29 is 0 Å². The van der Waals surface area contributed by atoms with Crippen molar-refractivity contribution in [1.82, 2.24) is 9.55 Å². The van der Waals surface area contributed by atoms with Gasteiger partial charge < -0.3 is 4.57 Å². The topological polar surface area (TPSA) is 17.8 Å². The molecular formula is C15H24N2. The van der Waals surface area contributed by atoms with E-state index < -0.39 is 0 Å². The summed E-state index contributed by atoms with van der Waals surface area (Å²) < 4.78 is 2.37. The van der Waals surface area contributed by atoms with E-state index in [1.165, 1.54) is 16.5 Å². The molecule has 94 valence electrons. The predicted molar refractivity (Wildman–Crippen MR) is 75.5 cm³/mol. The molecule has 0 amide bonds. The van der Waals surface area contributed by atoms with Crippen LogP contribution in [0.25, 0.3) is 10.9 Å². The van der Waals surface area contributed by atoms with Gasteiger partial charge in [-0.25, -0.2) is 0 Å². The highest BCUT2D eigenvalue weighted by Gasteiger charge is 2.10. The highest BCUT2D eigenvalue weighted by atomic mass is 15.0. The molecule has 2 heteroatoms. The molecule has 2 aromatic rings. The van der Waals surface area contributed by atoms with Crippen molar-refractivity contribution in [3.63, 3.8) is 0 Å². The molecule has 17 heavy (non-hydrogen) atoms. The van der Waals surface area contributed by atoms with Crippen molar-refractivity contribution in [2.75, 3.05) is 0 Å². The Morgan fingerprint density at radius 2 is 2.00 bits per heavy atom. The second kappa shape index (κ2) is 6.43.